The van der Waals surface area contributed by atoms with E-state index in [1.165, 1.54) is 0 Å². The summed E-state index contributed by atoms with van der Waals surface area (Å²) in [5, 5.41) is 3.43. The van der Waals surface area contributed by atoms with Crippen molar-refractivity contribution >= 4 is 45.9 Å². The molecule has 0 aliphatic heterocycles. The maximum Gasteiger partial charge on any atom is 0.265 e. The van der Waals surface area contributed by atoms with Gasteiger partial charge in [0.15, 0.2) is 11.7 Å². The zero-order valence-corrected chi connectivity index (χ0v) is 16.7. The van der Waals surface area contributed by atoms with Crippen LogP contribution in [-0.2, 0) is 4.79 Å². The Morgan fingerprint density at radius 2 is 1.93 bits per heavy atom. The van der Waals surface area contributed by atoms with Gasteiger partial charge in [-0.05, 0) is 49.4 Å². The van der Waals surface area contributed by atoms with Crippen LogP contribution in [0.1, 0.15) is 6.92 Å². The second-order valence-electron chi connectivity index (χ2n) is 6.24. The number of aromatic nitrogens is 2. The molecule has 6 nitrogen and oxygen atoms in total. The van der Waals surface area contributed by atoms with Crippen LogP contribution in [0.2, 0.25) is 10.0 Å². The van der Waals surface area contributed by atoms with Crippen molar-refractivity contribution in [3.8, 4) is 17.2 Å². The van der Waals surface area contributed by atoms with E-state index in [0.29, 0.717) is 33.4 Å². The van der Waals surface area contributed by atoms with Gasteiger partial charge in [0.2, 0.25) is 5.89 Å². The summed E-state index contributed by atoms with van der Waals surface area (Å²) >= 11 is 12.1. The van der Waals surface area contributed by atoms with Gasteiger partial charge in [-0.15, -0.1) is 0 Å². The lowest BCUT2D eigenvalue weighted by Crippen LogP contribution is -2.30. The van der Waals surface area contributed by atoms with Crippen molar-refractivity contribution in [2.24, 2.45) is 0 Å². The Balaban J connectivity index is 1.49. The van der Waals surface area contributed by atoms with Crippen LogP contribution in [0.25, 0.3) is 22.6 Å². The summed E-state index contributed by atoms with van der Waals surface area (Å²) in [5.74, 6) is 0.493. The van der Waals surface area contributed by atoms with Gasteiger partial charge >= 0.3 is 0 Å². The van der Waals surface area contributed by atoms with Crippen LogP contribution in [0, 0.1) is 0 Å². The van der Waals surface area contributed by atoms with Gasteiger partial charge in [0, 0.05) is 23.6 Å². The summed E-state index contributed by atoms with van der Waals surface area (Å²) in [4.78, 5) is 21.0. The van der Waals surface area contributed by atoms with Gasteiger partial charge in [0.1, 0.15) is 16.3 Å². The van der Waals surface area contributed by atoms with Crippen LogP contribution < -0.4 is 10.1 Å². The van der Waals surface area contributed by atoms with E-state index < -0.39 is 6.10 Å². The minimum absolute atomic E-state index is 0.265. The fraction of sp³-hybridized carbons (Fsp3) is 0.0952. The third-order valence-corrected chi connectivity index (χ3v) is 4.97. The number of ether oxygens (including phenoxy) is 1. The Kier molecular flexibility index (Phi) is 5.38. The topological polar surface area (TPSA) is 77.2 Å². The lowest BCUT2D eigenvalue weighted by molar-refractivity contribution is -0.122. The normalized spacial score (nSPS) is 12.0. The number of carbonyl (C=O) groups excluding carboxylic acids is 1. The molecule has 0 radical (unpaired) electrons. The van der Waals surface area contributed by atoms with Crippen molar-refractivity contribution in [2.45, 2.75) is 13.0 Å². The molecule has 0 aliphatic rings. The van der Waals surface area contributed by atoms with E-state index in [-0.39, 0.29) is 10.9 Å². The third-order valence-electron chi connectivity index (χ3n) is 4.17. The second-order valence-corrected chi connectivity index (χ2v) is 7.02. The minimum atomic E-state index is -0.786. The maximum absolute atomic E-state index is 12.5. The van der Waals surface area contributed by atoms with Gasteiger partial charge in [-0.3, -0.25) is 9.78 Å². The fourth-order valence-electron chi connectivity index (χ4n) is 2.69. The summed E-state index contributed by atoms with van der Waals surface area (Å²) in [5.41, 5.74) is 2.64. The number of nitrogens with zero attached hydrogens (tertiary/aromatic N) is 2. The number of rotatable bonds is 5. The van der Waals surface area contributed by atoms with Gasteiger partial charge in [-0.2, -0.15) is 0 Å². The largest absolute Gasteiger partial charge is 0.479 e. The predicted octanol–water partition coefficient (Wildman–Crippen LogP) is 5.60. The van der Waals surface area contributed by atoms with E-state index in [4.69, 9.17) is 32.4 Å². The van der Waals surface area contributed by atoms with Crippen LogP contribution in [0.3, 0.4) is 0 Å². The molecule has 1 atom stereocenters. The Morgan fingerprint density at radius 3 is 2.72 bits per heavy atom. The molecule has 1 unspecified atom stereocenters. The predicted molar refractivity (Wildman–Crippen MR) is 112 cm³/mol. The minimum Gasteiger partial charge on any atom is -0.479 e. The van der Waals surface area contributed by atoms with Gasteiger partial charge in [0.25, 0.3) is 5.91 Å². The first-order valence-electron chi connectivity index (χ1n) is 8.74. The highest BCUT2D eigenvalue weighted by molar-refractivity contribution is 6.42. The Morgan fingerprint density at radius 1 is 1.14 bits per heavy atom. The Hall–Kier alpha value is -3.09. The lowest BCUT2D eigenvalue weighted by atomic mass is 10.2. The fourth-order valence-corrected chi connectivity index (χ4v) is 3.02. The summed E-state index contributed by atoms with van der Waals surface area (Å²) < 4.78 is 11.4. The van der Waals surface area contributed by atoms with E-state index in [2.05, 4.69) is 15.3 Å². The molecule has 1 amide bonds. The Labute approximate surface area is 176 Å². The average Bonchev–Trinajstić information content (AvgIpc) is 3.15. The first-order chi connectivity index (χ1) is 14.0. The van der Waals surface area contributed by atoms with E-state index >= 15 is 0 Å². The first-order valence-corrected chi connectivity index (χ1v) is 9.49. The van der Waals surface area contributed by atoms with E-state index in [0.717, 1.165) is 5.56 Å². The smallest absolute Gasteiger partial charge is 0.265 e. The number of oxazole rings is 1. The van der Waals surface area contributed by atoms with Crippen molar-refractivity contribution in [3.05, 3.63) is 71.0 Å². The van der Waals surface area contributed by atoms with Crippen molar-refractivity contribution in [1.29, 1.82) is 0 Å². The first kappa shape index (κ1) is 19.2. The zero-order valence-electron chi connectivity index (χ0n) is 15.2. The number of nitrogens with one attached hydrogen (secondary N) is 1. The SMILES string of the molecule is CC(Oc1cccc(Cl)c1Cl)C(=O)Nc1ccc2oc(-c3ccncc3)nc2c1. The summed E-state index contributed by atoms with van der Waals surface area (Å²) in [7, 11) is 0. The molecule has 0 saturated heterocycles. The number of benzene rings is 2. The zero-order chi connectivity index (χ0) is 20.4. The maximum atomic E-state index is 12.5. The number of fused-ring (bicyclic) bond motifs is 1. The number of amides is 1. The van der Waals surface area contributed by atoms with Gasteiger partial charge in [-0.25, -0.2) is 4.98 Å². The average molecular weight is 428 g/mol. The number of anilines is 1. The molecule has 146 valence electrons. The molecule has 4 rings (SSSR count). The monoisotopic (exact) mass is 427 g/mol. The van der Waals surface area contributed by atoms with E-state index in [9.17, 15) is 4.79 Å². The van der Waals surface area contributed by atoms with Crippen molar-refractivity contribution in [3.63, 3.8) is 0 Å². The molecule has 4 aromatic rings. The molecule has 0 fully saturated rings. The van der Waals surface area contributed by atoms with Crippen LogP contribution in [-0.4, -0.2) is 22.0 Å². The van der Waals surface area contributed by atoms with Crippen molar-refractivity contribution in [1.82, 2.24) is 9.97 Å². The molecule has 0 saturated carbocycles. The van der Waals surface area contributed by atoms with Crippen molar-refractivity contribution in [2.75, 3.05) is 5.32 Å². The molecule has 1 N–H and O–H groups in total. The van der Waals surface area contributed by atoms with Gasteiger partial charge in [-0.1, -0.05) is 29.3 Å². The van der Waals surface area contributed by atoms with E-state index in [1.807, 2.05) is 12.1 Å². The molecule has 0 aliphatic carbocycles. The molecule has 29 heavy (non-hydrogen) atoms. The molecule has 0 spiro atoms. The molecule has 2 aromatic heterocycles. The van der Waals surface area contributed by atoms with Gasteiger partial charge < -0.3 is 14.5 Å². The highest BCUT2D eigenvalue weighted by Crippen LogP contribution is 2.32. The third kappa shape index (κ3) is 4.18. The summed E-state index contributed by atoms with van der Waals surface area (Å²) in [6.07, 6.45) is 2.55. The molecular weight excluding hydrogens is 413 g/mol. The summed E-state index contributed by atoms with van der Waals surface area (Å²) in [6.45, 7) is 1.63. The van der Waals surface area contributed by atoms with Crippen LogP contribution in [0.4, 0.5) is 5.69 Å². The molecule has 2 aromatic carbocycles. The highest BCUT2D eigenvalue weighted by Gasteiger charge is 2.18. The number of pyridine rings is 1. The Bertz CT molecular complexity index is 1180. The standard InChI is InChI=1S/C21H15Cl2N3O3/c1-12(28-18-4-2-3-15(22)19(18)23)20(27)25-14-5-6-17-16(11-14)26-21(29-17)13-7-9-24-10-8-13/h2-12H,1H3,(H,25,27). The second kappa shape index (κ2) is 8.11. The molecule has 2 heterocycles. The number of carbonyl (C=O) groups is 1. The quantitative estimate of drug-likeness (QED) is 0.448. The van der Waals surface area contributed by atoms with Crippen LogP contribution >= 0.6 is 23.2 Å². The van der Waals surface area contributed by atoms with Gasteiger partial charge in [0.05, 0.1) is 5.02 Å². The molecule has 0 bridgehead atoms. The molecule has 8 heteroatoms. The number of halogens is 2. The number of hydrogen-bond donors (Lipinski definition) is 1. The van der Waals surface area contributed by atoms with Crippen LogP contribution in [0.5, 0.6) is 5.75 Å². The van der Waals surface area contributed by atoms with Crippen molar-refractivity contribution < 1.29 is 13.9 Å². The van der Waals surface area contributed by atoms with E-state index in [1.54, 1.807) is 55.7 Å². The highest BCUT2D eigenvalue weighted by atomic mass is 35.5. The summed E-state index contributed by atoms with van der Waals surface area (Å²) in [6, 6.07) is 13.9. The number of hydrogen-bond acceptors (Lipinski definition) is 5. The van der Waals surface area contributed by atoms with Crippen LogP contribution in [0.15, 0.2) is 65.3 Å². The lowest BCUT2D eigenvalue weighted by Gasteiger charge is -2.16. The molecular formula is C21H15Cl2N3O3.